The van der Waals surface area contributed by atoms with Gasteiger partial charge in [-0.2, -0.15) is 5.10 Å². The molecule has 1 aliphatic heterocycles. The Morgan fingerprint density at radius 3 is 2.33 bits per heavy atom. The van der Waals surface area contributed by atoms with Gasteiger partial charge in [0.25, 0.3) is 5.91 Å². The molecule has 2 amide bonds. The monoisotopic (exact) mass is 495 g/mol. The zero-order valence-corrected chi connectivity index (χ0v) is 22.1. The average Bonchev–Trinajstić information content (AvgIpc) is 3.31. The van der Waals surface area contributed by atoms with Gasteiger partial charge in [-0.25, -0.2) is 5.01 Å². The molecule has 0 saturated carbocycles. The third-order valence-electron chi connectivity index (χ3n) is 6.00. The first-order chi connectivity index (χ1) is 17.1. The molecule has 8 nitrogen and oxygen atoms in total. The van der Waals surface area contributed by atoms with E-state index in [9.17, 15) is 9.59 Å². The molecule has 1 atom stereocenters. The van der Waals surface area contributed by atoms with Crippen LogP contribution in [-0.4, -0.2) is 68.5 Å². The van der Waals surface area contributed by atoms with Gasteiger partial charge in [-0.15, -0.1) is 0 Å². The van der Waals surface area contributed by atoms with Crippen molar-refractivity contribution >= 4 is 17.5 Å². The number of hydrazone groups is 1. The zero-order valence-electron chi connectivity index (χ0n) is 22.1. The van der Waals surface area contributed by atoms with Gasteiger partial charge in [0.1, 0.15) is 18.0 Å². The van der Waals surface area contributed by atoms with Crippen molar-refractivity contribution in [2.75, 3.05) is 41.0 Å². The lowest BCUT2D eigenvalue weighted by Crippen LogP contribution is -2.43. The lowest BCUT2D eigenvalue weighted by Gasteiger charge is -2.29. The van der Waals surface area contributed by atoms with E-state index >= 15 is 0 Å². The first-order valence-electron chi connectivity index (χ1n) is 12.1. The van der Waals surface area contributed by atoms with E-state index in [0.29, 0.717) is 26.0 Å². The molecule has 36 heavy (non-hydrogen) atoms. The van der Waals surface area contributed by atoms with E-state index in [-0.39, 0.29) is 29.8 Å². The largest absolute Gasteiger partial charge is 0.497 e. The Bertz CT molecular complexity index is 1080. The molecule has 0 fully saturated rings. The minimum Gasteiger partial charge on any atom is -0.497 e. The van der Waals surface area contributed by atoms with Gasteiger partial charge in [0, 0.05) is 32.1 Å². The highest BCUT2D eigenvalue weighted by Crippen LogP contribution is 2.34. The van der Waals surface area contributed by atoms with Crippen LogP contribution in [0.2, 0.25) is 0 Å². The lowest BCUT2D eigenvalue weighted by atomic mass is 9.91. The summed E-state index contributed by atoms with van der Waals surface area (Å²) in [6.07, 6.45) is 0.878. The first-order valence-corrected chi connectivity index (χ1v) is 12.1. The van der Waals surface area contributed by atoms with Crippen molar-refractivity contribution in [3.8, 4) is 11.5 Å². The molecule has 0 aromatic heterocycles. The summed E-state index contributed by atoms with van der Waals surface area (Å²) in [6.45, 7) is 6.64. The predicted octanol–water partition coefficient (Wildman–Crippen LogP) is 4.29. The molecule has 0 N–H and O–H groups in total. The number of nitrogens with zero attached hydrogens (tertiary/aromatic N) is 3. The van der Waals surface area contributed by atoms with Gasteiger partial charge in [-0.05, 0) is 35.2 Å². The number of amides is 2. The van der Waals surface area contributed by atoms with E-state index in [4.69, 9.17) is 19.3 Å². The number of benzene rings is 2. The molecule has 3 rings (SSSR count). The molecular weight excluding hydrogens is 458 g/mol. The summed E-state index contributed by atoms with van der Waals surface area (Å²) >= 11 is 0. The van der Waals surface area contributed by atoms with Crippen LogP contribution in [0.1, 0.15) is 50.8 Å². The Hall–Kier alpha value is -3.39. The van der Waals surface area contributed by atoms with E-state index in [0.717, 1.165) is 28.3 Å². The second-order valence-electron chi connectivity index (χ2n) is 10.1. The van der Waals surface area contributed by atoms with Crippen molar-refractivity contribution in [1.82, 2.24) is 9.91 Å². The summed E-state index contributed by atoms with van der Waals surface area (Å²) in [7, 11) is 4.82. The van der Waals surface area contributed by atoms with E-state index in [1.165, 1.54) is 5.01 Å². The summed E-state index contributed by atoms with van der Waals surface area (Å²) in [5.74, 6) is 1.14. The maximum absolute atomic E-state index is 13.6. The van der Waals surface area contributed by atoms with Gasteiger partial charge in [-0.1, -0.05) is 45.0 Å². The number of hydrogen-bond donors (Lipinski definition) is 0. The Labute approximate surface area is 213 Å². The number of hydrogen-bond acceptors (Lipinski definition) is 6. The summed E-state index contributed by atoms with van der Waals surface area (Å²) < 4.78 is 15.9. The minimum atomic E-state index is -0.299. The molecule has 2 aromatic rings. The van der Waals surface area contributed by atoms with E-state index in [2.05, 4.69) is 0 Å². The molecule has 1 aliphatic rings. The Morgan fingerprint density at radius 1 is 1.03 bits per heavy atom. The number of methoxy groups -OCH3 is 3. The summed E-state index contributed by atoms with van der Waals surface area (Å²) in [4.78, 5) is 28.2. The standard InChI is InChI=1S/C28H37N3O5/c1-28(2,3)18-26(32)30(14-15-34-4)19-27(33)31-25(20-10-12-22(35-5)13-11-20)17-24(29-31)21-8-7-9-23(16-21)36-6/h7-13,16,25H,14-15,17-19H2,1-6H3/t25-/m0/s1. The van der Waals surface area contributed by atoms with Crippen LogP contribution >= 0.6 is 0 Å². The summed E-state index contributed by atoms with van der Waals surface area (Å²) in [6, 6.07) is 15.0. The van der Waals surface area contributed by atoms with Crippen LogP contribution < -0.4 is 9.47 Å². The van der Waals surface area contributed by atoms with Crippen molar-refractivity contribution in [2.24, 2.45) is 10.5 Å². The number of rotatable bonds is 10. The Balaban J connectivity index is 1.91. The fourth-order valence-electron chi connectivity index (χ4n) is 4.10. The van der Waals surface area contributed by atoms with Gasteiger partial charge in [-0.3, -0.25) is 9.59 Å². The van der Waals surface area contributed by atoms with Crippen LogP contribution in [0, 0.1) is 5.41 Å². The van der Waals surface area contributed by atoms with Crippen LogP contribution in [-0.2, 0) is 14.3 Å². The zero-order chi connectivity index (χ0) is 26.3. The molecule has 8 heteroatoms. The average molecular weight is 496 g/mol. The van der Waals surface area contributed by atoms with Crippen molar-refractivity contribution in [2.45, 2.75) is 39.7 Å². The predicted molar refractivity (Wildman–Crippen MR) is 139 cm³/mol. The lowest BCUT2D eigenvalue weighted by molar-refractivity contribution is -0.143. The fourth-order valence-corrected chi connectivity index (χ4v) is 4.10. The van der Waals surface area contributed by atoms with Crippen molar-refractivity contribution in [3.63, 3.8) is 0 Å². The highest BCUT2D eigenvalue weighted by molar-refractivity contribution is 6.03. The highest BCUT2D eigenvalue weighted by atomic mass is 16.5. The van der Waals surface area contributed by atoms with Gasteiger partial charge in [0.05, 0.1) is 32.6 Å². The van der Waals surface area contributed by atoms with E-state index in [1.807, 2.05) is 69.3 Å². The van der Waals surface area contributed by atoms with Crippen LogP contribution in [0.4, 0.5) is 0 Å². The smallest absolute Gasteiger partial charge is 0.262 e. The molecule has 0 unspecified atom stereocenters. The number of carbonyl (C=O) groups is 2. The van der Waals surface area contributed by atoms with Gasteiger partial charge >= 0.3 is 0 Å². The summed E-state index contributed by atoms with van der Waals surface area (Å²) in [5.41, 5.74) is 2.42. The third kappa shape index (κ3) is 7.07. The van der Waals surface area contributed by atoms with Gasteiger partial charge in [0.15, 0.2) is 0 Å². The second kappa shape index (κ2) is 12.0. The van der Waals surface area contributed by atoms with Crippen LogP contribution in [0.15, 0.2) is 53.6 Å². The summed E-state index contributed by atoms with van der Waals surface area (Å²) in [5, 5.41) is 6.26. The quantitative estimate of drug-likeness (QED) is 0.491. The van der Waals surface area contributed by atoms with Gasteiger partial charge < -0.3 is 19.1 Å². The Morgan fingerprint density at radius 2 is 1.72 bits per heavy atom. The molecular formula is C28H37N3O5. The molecule has 194 valence electrons. The normalized spacial score (nSPS) is 15.4. The number of carbonyl (C=O) groups excluding carboxylic acids is 2. The van der Waals surface area contributed by atoms with Crippen molar-refractivity contribution < 1.29 is 23.8 Å². The molecule has 0 aliphatic carbocycles. The molecule has 1 heterocycles. The SMILES string of the molecule is COCCN(CC(=O)N1N=C(c2cccc(OC)c2)C[C@H]1c1ccc(OC)cc1)C(=O)CC(C)(C)C. The van der Waals surface area contributed by atoms with Crippen molar-refractivity contribution in [1.29, 1.82) is 0 Å². The maximum Gasteiger partial charge on any atom is 0.262 e. The Kier molecular flexibility index (Phi) is 9.09. The molecule has 0 radical (unpaired) electrons. The molecule has 0 spiro atoms. The second-order valence-corrected chi connectivity index (χ2v) is 10.1. The minimum absolute atomic E-state index is 0.0696. The molecule has 0 bridgehead atoms. The van der Waals surface area contributed by atoms with E-state index < -0.39 is 0 Å². The maximum atomic E-state index is 13.6. The highest BCUT2D eigenvalue weighted by Gasteiger charge is 2.35. The topological polar surface area (TPSA) is 80.7 Å². The van der Waals surface area contributed by atoms with Gasteiger partial charge in [0.2, 0.25) is 5.91 Å². The number of ether oxygens (including phenoxy) is 3. The van der Waals surface area contributed by atoms with Crippen LogP contribution in [0.3, 0.4) is 0 Å². The molecule has 0 saturated heterocycles. The molecule has 2 aromatic carbocycles. The van der Waals surface area contributed by atoms with Crippen LogP contribution in [0.5, 0.6) is 11.5 Å². The third-order valence-corrected chi connectivity index (χ3v) is 6.00. The fraction of sp³-hybridized carbons (Fsp3) is 0.464. The van der Waals surface area contributed by atoms with Crippen LogP contribution in [0.25, 0.3) is 0 Å². The first kappa shape index (κ1) is 27.2. The van der Waals surface area contributed by atoms with E-state index in [1.54, 1.807) is 26.2 Å². The van der Waals surface area contributed by atoms with Crippen molar-refractivity contribution in [3.05, 3.63) is 59.7 Å².